The van der Waals surface area contributed by atoms with Gasteiger partial charge in [0.1, 0.15) is 0 Å². The Morgan fingerprint density at radius 2 is 1.94 bits per heavy atom. The molecule has 0 bridgehead atoms. The average Bonchev–Trinajstić information content (AvgIpc) is 2.41. The summed E-state index contributed by atoms with van der Waals surface area (Å²) in [6.07, 6.45) is 9.67. The molecular weight excluding hydrogens is 286 g/mol. The molecule has 1 atom stereocenters. The fourth-order valence-corrected chi connectivity index (χ4v) is 3.50. The largest absolute Gasteiger partial charge is 0.317 e. The second-order valence-electron chi connectivity index (χ2n) is 5.52. The van der Waals surface area contributed by atoms with Gasteiger partial charge in [-0.3, -0.25) is 0 Å². The lowest BCUT2D eigenvalue weighted by Crippen LogP contribution is -2.30. The highest BCUT2D eigenvalue weighted by Crippen LogP contribution is 2.28. The minimum absolute atomic E-state index is 0.617. The van der Waals surface area contributed by atoms with Crippen LogP contribution in [0.2, 0.25) is 0 Å². The molecule has 0 heterocycles. The van der Waals surface area contributed by atoms with Crippen LogP contribution in [-0.2, 0) is 6.42 Å². The van der Waals surface area contributed by atoms with E-state index >= 15 is 0 Å². The van der Waals surface area contributed by atoms with Crippen molar-refractivity contribution in [3.63, 3.8) is 0 Å². The van der Waals surface area contributed by atoms with Gasteiger partial charge in [-0.25, -0.2) is 0 Å². The molecule has 0 aliphatic heterocycles. The smallest absolute Gasteiger partial charge is 0.0207 e. The van der Waals surface area contributed by atoms with Crippen LogP contribution < -0.4 is 5.32 Å². The maximum absolute atomic E-state index is 3.65. The predicted octanol–water partition coefficient (Wildman–Crippen LogP) is 4.55. The minimum atomic E-state index is 0.617. The molecule has 2 heteroatoms. The van der Waals surface area contributed by atoms with Crippen LogP contribution >= 0.6 is 15.9 Å². The summed E-state index contributed by atoms with van der Waals surface area (Å²) in [6.45, 7) is 0. The van der Waals surface area contributed by atoms with E-state index in [-0.39, 0.29) is 0 Å². The van der Waals surface area contributed by atoms with Crippen molar-refractivity contribution in [3.05, 3.63) is 34.3 Å². The van der Waals surface area contributed by atoms with E-state index < -0.39 is 0 Å². The Labute approximate surface area is 119 Å². The van der Waals surface area contributed by atoms with Gasteiger partial charge in [-0.2, -0.15) is 0 Å². The van der Waals surface area contributed by atoms with Gasteiger partial charge in [0.05, 0.1) is 0 Å². The van der Waals surface area contributed by atoms with E-state index in [9.17, 15) is 0 Å². The van der Waals surface area contributed by atoms with Crippen molar-refractivity contribution in [2.75, 3.05) is 7.05 Å². The number of rotatable bonds is 5. The Morgan fingerprint density at radius 1 is 1.22 bits per heavy atom. The second-order valence-corrected chi connectivity index (χ2v) is 6.38. The van der Waals surface area contributed by atoms with E-state index in [4.69, 9.17) is 0 Å². The van der Waals surface area contributed by atoms with E-state index in [0.717, 1.165) is 12.3 Å². The van der Waals surface area contributed by atoms with Crippen LogP contribution in [0.3, 0.4) is 0 Å². The topological polar surface area (TPSA) is 12.0 Å². The van der Waals surface area contributed by atoms with Gasteiger partial charge in [0, 0.05) is 10.5 Å². The number of halogens is 1. The third-order valence-electron chi connectivity index (χ3n) is 4.17. The number of hydrogen-bond acceptors (Lipinski definition) is 1. The highest BCUT2D eigenvalue weighted by Gasteiger charge is 2.18. The van der Waals surface area contributed by atoms with E-state index in [1.807, 2.05) is 0 Å². The molecule has 0 aromatic heterocycles. The van der Waals surface area contributed by atoms with Crippen molar-refractivity contribution in [2.24, 2.45) is 5.92 Å². The lowest BCUT2D eigenvalue weighted by atomic mass is 9.83. The Morgan fingerprint density at radius 3 is 2.61 bits per heavy atom. The van der Waals surface area contributed by atoms with Crippen LogP contribution in [0.1, 0.15) is 44.1 Å². The Kier molecular flexibility index (Phi) is 5.71. The van der Waals surface area contributed by atoms with Crippen molar-refractivity contribution < 1.29 is 0 Å². The van der Waals surface area contributed by atoms with E-state index in [2.05, 4.69) is 52.6 Å². The van der Waals surface area contributed by atoms with Crippen LogP contribution in [0.5, 0.6) is 0 Å². The van der Waals surface area contributed by atoms with Crippen molar-refractivity contribution in [3.8, 4) is 0 Å². The molecule has 1 N–H and O–H groups in total. The van der Waals surface area contributed by atoms with E-state index in [0.29, 0.717) is 6.04 Å². The van der Waals surface area contributed by atoms with Gasteiger partial charge in [0.15, 0.2) is 0 Å². The Balaban J connectivity index is 1.90. The number of hydrogen-bond donors (Lipinski definition) is 1. The molecule has 1 nitrogen and oxygen atoms in total. The normalized spacial score (nSPS) is 18.8. The van der Waals surface area contributed by atoms with Gasteiger partial charge >= 0.3 is 0 Å². The van der Waals surface area contributed by atoms with Crippen molar-refractivity contribution in [2.45, 2.75) is 51.0 Å². The first-order valence-corrected chi connectivity index (χ1v) is 7.99. The molecule has 0 spiro atoms. The van der Waals surface area contributed by atoms with Crippen molar-refractivity contribution >= 4 is 15.9 Å². The Hall–Kier alpha value is -0.340. The fraction of sp³-hybridized carbons (Fsp3) is 0.625. The van der Waals surface area contributed by atoms with Crippen molar-refractivity contribution in [1.82, 2.24) is 5.32 Å². The summed E-state index contributed by atoms with van der Waals surface area (Å²) in [7, 11) is 2.10. The van der Waals surface area contributed by atoms with Gasteiger partial charge in [0.2, 0.25) is 0 Å². The molecule has 1 fully saturated rings. The van der Waals surface area contributed by atoms with Crippen LogP contribution in [-0.4, -0.2) is 13.1 Å². The van der Waals surface area contributed by atoms with Gasteiger partial charge in [-0.05, 0) is 37.4 Å². The number of nitrogens with one attached hydrogen (secondary N) is 1. The maximum Gasteiger partial charge on any atom is 0.0207 e. The predicted molar refractivity (Wildman–Crippen MR) is 81.9 cm³/mol. The van der Waals surface area contributed by atoms with Crippen LogP contribution in [0, 0.1) is 5.92 Å². The first kappa shape index (κ1) is 14.1. The average molecular weight is 310 g/mol. The third kappa shape index (κ3) is 4.10. The lowest BCUT2D eigenvalue weighted by molar-refractivity contribution is 0.302. The van der Waals surface area contributed by atoms with Crippen LogP contribution in [0.4, 0.5) is 0 Å². The molecule has 1 aliphatic carbocycles. The van der Waals surface area contributed by atoms with Crippen LogP contribution in [0.25, 0.3) is 0 Å². The van der Waals surface area contributed by atoms with Gasteiger partial charge in [0.25, 0.3) is 0 Å². The molecule has 1 saturated carbocycles. The highest BCUT2D eigenvalue weighted by molar-refractivity contribution is 9.10. The highest BCUT2D eigenvalue weighted by atomic mass is 79.9. The molecule has 0 radical (unpaired) electrons. The summed E-state index contributed by atoms with van der Waals surface area (Å²) in [6, 6.07) is 9.21. The first-order valence-electron chi connectivity index (χ1n) is 7.20. The number of benzene rings is 1. The third-order valence-corrected chi connectivity index (χ3v) is 4.95. The summed E-state index contributed by atoms with van der Waals surface area (Å²) in [5.41, 5.74) is 1.42. The zero-order valence-electron chi connectivity index (χ0n) is 11.3. The monoisotopic (exact) mass is 309 g/mol. The molecule has 1 unspecified atom stereocenters. The quantitative estimate of drug-likeness (QED) is 0.841. The molecule has 1 aliphatic rings. The SMILES string of the molecule is CNC(Cc1ccccc1Br)CC1CCCCC1. The standard InChI is InChI=1S/C16H24BrN/c1-18-15(11-13-7-3-2-4-8-13)12-14-9-5-6-10-16(14)17/h5-6,9-10,13,15,18H,2-4,7-8,11-12H2,1H3. The molecular formula is C16H24BrN. The van der Waals surface area contributed by atoms with E-state index in [1.165, 1.54) is 48.6 Å². The maximum atomic E-state index is 3.65. The van der Waals surface area contributed by atoms with Gasteiger partial charge in [-0.15, -0.1) is 0 Å². The molecule has 0 saturated heterocycles. The second kappa shape index (κ2) is 7.30. The molecule has 18 heavy (non-hydrogen) atoms. The zero-order valence-corrected chi connectivity index (χ0v) is 12.9. The van der Waals surface area contributed by atoms with Gasteiger partial charge in [-0.1, -0.05) is 66.2 Å². The lowest BCUT2D eigenvalue weighted by Gasteiger charge is -2.26. The molecule has 0 amide bonds. The summed E-state index contributed by atoms with van der Waals surface area (Å²) in [5, 5.41) is 3.50. The zero-order chi connectivity index (χ0) is 12.8. The molecule has 1 aromatic rings. The molecule has 100 valence electrons. The van der Waals surface area contributed by atoms with Crippen LogP contribution in [0.15, 0.2) is 28.7 Å². The van der Waals surface area contributed by atoms with Gasteiger partial charge < -0.3 is 5.32 Å². The van der Waals surface area contributed by atoms with Crippen molar-refractivity contribution in [1.29, 1.82) is 0 Å². The number of likely N-dealkylation sites (N-methyl/N-ethyl adjacent to an activating group) is 1. The fourth-order valence-electron chi connectivity index (χ4n) is 3.06. The summed E-state index contributed by atoms with van der Waals surface area (Å²) >= 11 is 3.65. The summed E-state index contributed by atoms with van der Waals surface area (Å²) in [4.78, 5) is 0. The summed E-state index contributed by atoms with van der Waals surface area (Å²) in [5.74, 6) is 0.943. The Bertz CT molecular complexity index is 358. The first-order chi connectivity index (χ1) is 8.79. The molecule has 1 aromatic carbocycles. The summed E-state index contributed by atoms with van der Waals surface area (Å²) < 4.78 is 1.24. The van der Waals surface area contributed by atoms with E-state index in [1.54, 1.807) is 0 Å². The minimum Gasteiger partial charge on any atom is -0.317 e. The molecule has 2 rings (SSSR count).